The Labute approximate surface area is 222 Å². The first-order valence-corrected chi connectivity index (χ1v) is 13.7. The van der Waals surface area contributed by atoms with E-state index in [-0.39, 0.29) is 17.6 Å². The molecule has 3 heterocycles. The summed E-state index contributed by atoms with van der Waals surface area (Å²) in [6.07, 6.45) is 2.41. The Balaban J connectivity index is 1.38. The van der Waals surface area contributed by atoms with Crippen molar-refractivity contribution in [2.75, 3.05) is 12.4 Å². The molecule has 4 aromatic rings. The number of carbonyl (C=O) groups excluding carboxylic acids is 1. The molecule has 2 aromatic heterocycles. The summed E-state index contributed by atoms with van der Waals surface area (Å²) >= 11 is 1.33. The van der Waals surface area contributed by atoms with E-state index in [9.17, 15) is 4.79 Å². The van der Waals surface area contributed by atoms with E-state index in [1.165, 1.54) is 22.9 Å². The van der Waals surface area contributed by atoms with Gasteiger partial charge >= 0.3 is 0 Å². The second-order valence-electron chi connectivity index (χ2n) is 9.77. The number of rotatable bonds is 8. The smallest absolute Gasteiger partial charge is 0.210 e. The molecule has 1 aliphatic heterocycles. The van der Waals surface area contributed by atoms with Gasteiger partial charge in [-0.15, -0.1) is 10.2 Å². The van der Waals surface area contributed by atoms with Crippen LogP contribution in [0.3, 0.4) is 0 Å². The van der Waals surface area contributed by atoms with Crippen molar-refractivity contribution in [2.45, 2.75) is 58.3 Å². The van der Waals surface area contributed by atoms with Gasteiger partial charge in [-0.2, -0.15) is 0 Å². The molecule has 190 valence electrons. The minimum absolute atomic E-state index is 0.0692. The van der Waals surface area contributed by atoms with Crippen LogP contribution in [0.4, 0.5) is 0 Å². The van der Waals surface area contributed by atoms with Crippen LogP contribution in [0.1, 0.15) is 45.7 Å². The van der Waals surface area contributed by atoms with Crippen LogP contribution >= 0.6 is 11.8 Å². The molecule has 0 unspecified atom stereocenters. The zero-order valence-corrected chi connectivity index (χ0v) is 22.6. The van der Waals surface area contributed by atoms with Crippen molar-refractivity contribution in [3.05, 3.63) is 82.7 Å². The van der Waals surface area contributed by atoms with Gasteiger partial charge in [0.05, 0.1) is 11.9 Å². The molecular weight excluding hydrogens is 480 g/mol. The fourth-order valence-electron chi connectivity index (χ4n) is 4.75. The third-order valence-electron chi connectivity index (χ3n) is 6.93. The van der Waals surface area contributed by atoms with E-state index >= 15 is 0 Å². The van der Waals surface area contributed by atoms with Crippen LogP contribution in [0.15, 0.2) is 59.8 Å². The second-order valence-corrected chi connectivity index (χ2v) is 10.7. The summed E-state index contributed by atoms with van der Waals surface area (Å²) in [5.41, 5.74) is 8.64. The molecule has 1 atom stereocenters. The lowest BCUT2D eigenvalue weighted by atomic mass is 10.0. The van der Waals surface area contributed by atoms with Gasteiger partial charge in [-0.1, -0.05) is 71.4 Å². The third kappa shape index (κ3) is 5.68. The highest BCUT2D eigenvalue weighted by atomic mass is 32.2. The van der Waals surface area contributed by atoms with Crippen molar-refractivity contribution in [3.63, 3.8) is 0 Å². The van der Waals surface area contributed by atoms with Gasteiger partial charge in [-0.05, 0) is 46.6 Å². The number of carbonyl (C=O) groups is 1. The number of Topliss-reactive ketones (excluding diaryl/α,β-unsaturated/α-hetero) is 1. The van der Waals surface area contributed by atoms with Gasteiger partial charge in [0.2, 0.25) is 5.16 Å². The van der Waals surface area contributed by atoms with Crippen LogP contribution in [0.25, 0.3) is 22.5 Å². The summed E-state index contributed by atoms with van der Waals surface area (Å²) in [7, 11) is 0. The Kier molecular flexibility index (Phi) is 7.53. The molecule has 6 nitrogen and oxygen atoms in total. The van der Waals surface area contributed by atoms with E-state index in [4.69, 9.17) is 9.72 Å². The Morgan fingerprint density at radius 3 is 2.22 bits per heavy atom. The molecule has 0 saturated carbocycles. The first-order chi connectivity index (χ1) is 17.9. The predicted molar refractivity (Wildman–Crippen MR) is 148 cm³/mol. The number of ether oxygens (including phenoxy) is 1. The third-order valence-corrected chi connectivity index (χ3v) is 7.77. The molecule has 7 heteroatoms. The maximum Gasteiger partial charge on any atom is 0.210 e. The first-order valence-electron chi connectivity index (χ1n) is 12.7. The van der Waals surface area contributed by atoms with Crippen LogP contribution in [-0.4, -0.2) is 44.0 Å². The zero-order chi connectivity index (χ0) is 25.9. The molecule has 5 rings (SSSR count). The number of aryl methyl sites for hydroxylation is 3. The molecule has 0 radical (unpaired) electrons. The Hall–Kier alpha value is -3.29. The van der Waals surface area contributed by atoms with Gasteiger partial charge in [-0.25, -0.2) is 4.98 Å². The highest BCUT2D eigenvalue weighted by molar-refractivity contribution is 7.99. The Bertz CT molecular complexity index is 1410. The van der Waals surface area contributed by atoms with Crippen LogP contribution in [0.5, 0.6) is 0 Å². The van der Waals surface area contributed by atoms with E-state index in [1.54, 1.807) is 0 Å². The molecular formula is C30H32N4O2S. The maximum absolute atomic E-state index is 13.2. The average molecular weight is 513 g/mol. The van der Waals surface area contributed by atoms with Crippen LogP contribution in [0.2, 0.25) is 0 Å². The van der Waals surface area contributed by atoms with Gasteiger partial charge in [0.25, 0.3) is 0 Å². The summed E-state index contributed by atoms with van der Waals surface area (Å²) in [4.78, 5) is 18.1. The standard InChI is InChI=1S/C30H32N4O2S/c1-19-7-11-23(12-8-19)28-29(24-13-9-20(2)10-14-24)32-33-30(31-28)37-18-27(35)26-16-21(3)34(22(26)4)17-25-6-5-15-36-25/h7-14,16,25H,5-6,15,17-18H2,1-4H3/t25-/m1/s1. The normalized spacial score (nSPS) is 15.3. The molecule has 0 aliphatic carbocycles. The largest absolute Gasteiger partial charge is 0.376 e. The summed E-state index contributed by atoms with van der Waals surface area (Å²) in [6.45, 7) is 9.82. The van der Waals surface area contributed by atoms with Crippen LogP contribution in [-0.2, 0) is 11.3 Å². The van der Waals surface area contributed by atoms with E-state index in [0.717, 1.165) is 65.5 Å². The van der Waals surface area contributed by atoms with Crippen molar-refractivity contribution in [1.82, 2.24) is 19.7 Å². The highest BCUT2D eigenvalue weighted by Gasteiger charge is 2.22. The molecule has 0 amide bonds. The lowest BCUT2D eigenvalue weighted by Gasteiger charge is -2.14. The number of benzene rings is 2. The van der Waals surface area contributed by atoms with Crippen LogP contribution in [0, 0.1) is 27.7 Å². The minimum Gasteiger partial charge on any atom is -0.376 e. The highest BCUT2D eigenvalue weighted by Crippen LogP contribution is 2.31. The van der Waals surface area contributed by atoms with E-state index in [2.05, 4.69) is 71.9 Å². The van der Waals surface area contributed by atoms with Gasteiger partial charge in [0.15, 0.2) is 5.78 Å². The van der Waals surface area contributed by atoms with Gasteiger partial charge in [-0.3, -0.25) is 4.79 Å². The topological polar surface area (TPSA) is 69.9 Å². The summed E-state index contributed by atoms with van der Waals surface area (Å²) in [5, 5.41) is 9.44. The number of hydrogen-bond acceptors (Lipinski definition) is 6. The maximum atomic E-state index is 13.2. The fraction of sp³-hybridized carbons (Fsp3) is 0.333. The molecule has 0 bridgehead atoms. The summed E-state index contributed by atoms with van der Waals surface area (Å²) in [6, 6.07) is 18.4. The van der Waals surface area contributed by atoms with E-state index in [1.807, 2.05) is 25.1 Å². The van der Waals surface area contributed by atoms with Crippen LogP contribution < -0.4 is 0 Å². The van der Waals surface area contributed by atoms with Gasteiger partial charge < -0.3 is 9.30 Å². The number of ketones is 1. The number of thioether (sulfide) groups is 1. The number of aromatic nitrogens is 4. The molecule has 1 fully saturated rings. The Morgan fingerprint density at radius 2 is 1.59 bits per heavy atom. The lowest BCUT2D eigenvalue weighted by molar-refractivity contribution is 0.0957. The molecule has 37 heavy (non-hydrogen) atoms. The summed E-state index contributed by atoms with van der Waals surface area (Å²) in [5.74, 6) is 0.322. The monoisotopic (exact) mass is 512 g/mol. The zero-order valence-electron chi connectivity index (χ0n) is 21.8. The quantitative estimate of drug-likeness (QED) is 0.201. The van der Waals surface area contributed by atoms with Crippen molar-refractivity contribution in [2.24, 2.45) is 0 Å². The molecule has 1 saturated heterocycles. The van der Waals surface area contributed by atoms with Crippen molar-refractivity contribution in [3.8, 4) is 22.5 Å². The first kappa shape index (κ1) is 25.4. The second kappa shape index (κ2) is 11.0. The van der Waals surface area contributed by atoms with Crippen molar-refractivity contribution >= 4 is 17.5 Å². The molecule has 2 aromatic carbocycles. The molecule has 0 spiro atoms. The SMILES string of the molecule is Cc1ccc(-c2nnc(SCC(=O)c3cc(C)n(C[C@H]4CCCO4)c3C)nc2-c2ccc(C)cc2)cc1. The molecule has 0 N–H and O–H groups in total. The molecule has 1 aliphatic rings. The van der Waals surface area contributed by atoms with E-state index in [0.29, 0.717) is 5.16 Å². The van der Waals surface area contributed by atoms with E-state index < -0.39 is 0 Å². The lowest BCUT2D eigenvalue weighted by Crippen LogP contribution is -2.17. The van der Waals surface area contributed by atoms with Gasteiger partial charge in [0.1, 0.15) is 11.4 Å². The number of hydrogen-bond donors (Lipinski definition) is 0. The average Bonchev–Trinajstić information content (AvgIpc) is 3.52. The van der Waals surface area contributed by atoms with Crippen molar-refractivity contribution in [1.29, 1.82) is 0 Å². The Morgan fingerprint density at radius 1 is 0.946 bits per heavy atom. The van der Waals surface area contributed by atoms with Crippen molar-refractivity contribution < 1.29 is 9.53 Å². The fourth-order valence-corrected chi connectivity index (χ4v) is 5.43. The summed E-state index contributed by atoms with van der Waals surface area (Å²) < 4.78 is 8.02. The number of nitrogens with zero attached hydrogens (tertiary/aromatic N) is 4. The van der Waals surface area contributed by atoms with Gasteiger partial charge in [0, 0.05) is 41.2 Å². The minimum atomic E-state index is 0.0692. The predicted octanol–water partition coefficient (Wildman–Crippen LogP) is 6.39.